The van der Waals surface area contributed by atoms with Gasteiger partial charge in [-0.1, -0.05) is 6.07 Å². The highest BCUT2D eigenvalue weighted by atomic mass is 32.1. The van der Waals surface area contributed by atoms with Crippen LogP contribution in [0.1, 0.15) is 22.9 Å². The molecule has 160 valence electrons. The number of carbonyl (C=O) groups excluding carboxylic acids is 2. The molecule has 0 saturated carbocycles. The molecule has 0 spiro atoms. The number of likely N-dealkylation sites (tertiary alicyclic amines) is 1. The molecule has 7 nitrogen and oxygen atoms in total. The number of hydrogen-bond donors (Lipinski definition) is 1. The van der Waals surface area contributed by atoms with Crippen molar-refractivity contribution in [1.29, 1.82) is 0 Å². The highest BCUT2D eigenvalue weighted by molar-refractivity contribution is 7.10. The standard InChI is InChI=1S/C22H26N2O5S/c1-23(2)10-6-11-24-19(17-7-5-12-30-17)18(21(26)22(24)27)20(25)15-9-8-14(28-3)13-16(15)29-4/h5,7-9,12-13,19,25H,6,10-11H2,1-4H3/t19-/m0/s1. The van der Waals surface area contributed by atoms with Gasteiger partial charge in [0.1, 0.15) is 17.3 Å². The number of methoxy groups -OCH3 is 2. The Morgan fingerprint density at radius 2 is 1.97 bits per heavy atom. The smallest absolute Gasteiger partial charge is 0.295 e. The van der Waals surface area contributed by atoms with Gasteiger partial charge < -0.3 is 24.4 Å². The van der Waals surface area contributed by atoms with Crippen LogP contribution in [0, 0.1) is 0 Å². The van der Waals surface area contributed by atoms with Crippen molar-refractivity contribution < 1.29 is 24.2 Å². The quantitative estimate of drug-likeness (QED) is 0.394. The lowest BCUT2D eigenvalue weighted by atomic mass is 9.99. The van der Waals surface area contributed by atoms with E-state index in [1.54, 1.807) is 23.1 Å². The Morgan fingerprint density at radius 3 is 2.57 bits per heavy atom. The van der Waals surface area contributed by atoms with Gasteiger partial charge in [-0.15, -0.1) is 11.3 Å². The summed E-state index contributed by atoms with van der Waals surface area (Å²) in [7, 11) is 6.92. The molecule has 0 aliphatic carbocycles. The van der Waals surface area contributed by atoms with Crippen molar-refractivity contribution in [3.8, 4) is 11.5 Å². The van der Waals surface area contributed by atoms with Crippen molar-refractivity contribution in [2.75, 3.05) is 41.4 Å². The average Bonchev–Trinajstić information content (AvgIpc) is 3.35. The molecule has 0 radical (unpaired) electrons. The number of rotatable bonds is 8. The van der Waals surface area contributed by atoms with E-state index in [-0.39, 0.29) is 11.3 Å². The van der Waals surface area contributed by atoms with Crippen LogP contribution in [-0.2, 0) is 9.59 Å². The minimum absolute atomic E-state index is 0.0794. The zero-order valence-electron chi connectivity index (χ0n) is 17.5. The number of thiophene rings is 1. The third kappa shape index (κ3) is 4.20. The molecule has 1 atom stereocenters. The highest BCUT2D eigenvalue weighted by Crippen LogP contribution is 2.42. The number of ether oxygens (including phenoxy) is 2. The van der Waals surface area contributed by atoms with Crippen LogP contribution >= 0.6 is 11.3 Å². The molecule has 30 heavy (non-hydrogen) atoms. The van der Waals surface area contributed by atoms with E-state index in [2.05, 4.69) is 0 Å². The molecule has 1 aliphatic rings. The van der Waals surface area contributed by atoms with E-state index >= 15 is 0 Å². The topological polar surface area (TPSA) is 79.3 Å². The van der Waals surface area contributed by atoms with E-state index in [9.17, 15) is 14.7 Å². The van der Waals surface area contributed by atoms with Gasteiger partial charge in [0, 0.05) is 17.5 Å². The molecule has 2 aromatic rings. The molecule has 8 heteroatoms. The second-order valence-corrected chi connectivity index (χ2v) is 8.21. The van der Waals surface area contributed by atoms with Crippen molar-refractivity contribution >= 4 is 28.8 Å². The predicted molar refractivity (Wildman–Crippen MR) is 116 cm³/mol. The molecule has 1 fully saturated rings. The molecule has 1 amide bonds. The summed E-state index contributed by atoms with van der Waals surface area (Å²) in [5.41, 5.74) is 0.418. The normalized spacial score (nSPS) is 18.3. The van der Waals surface area contributed by atoms with Crippen LogP contribution in [0.15, 0.2) is 41.3 Å². The number of carbonyl (C=O) groups is 2. The number of benzene rings is 1. The van der Waals surface area contributed by atoms with Crippen molar-refractivity contribution in [2.45, 2.75) is 12.5 Å². The lowest BCUT2D eigenvalue weighted by Crippen LogP contribution is -2.32. The summed E-state index contributed by atoms with van der Waals surface area (Å²) in [5, 5.41) is 13.0. The molecular weight excluding hydrogens is 404 g/mol. The van der Waals surface area contributed by atoms with Crippen LogP contribution in [0.25, 0.3) is 5.76 Å². The van der Waals surface area contributed by atoms with Crippen LogP contribution in [0.5, 0.6) is 11.5 Å². The average molecular weight is 431 g/mol. The zero-order valence-corrected chi connectivity index (χ0v) is 18.4. The molecule has 1 aromatic carbocycles. The third-order valence-electron chi connectivity index (χ3n) is 5.02. The van der Waals surface area contributed by atoms with Gasteiger partial charge in [-0.2, -0.15) is 0 Å². The Bertz CT molecular complexity index is 952. The molecule has 1 N–H and O–H groups in total. The summed E-state index contributed by atoms with van der Waals surface area (Å²) in [6, 6.07) is 8.04. The van der Waals surface area contributed by atoms with Crippen molar-refractivity contribution in [3.05, 3.63) is 51.7 Å². The lowest BCUT2D eigenvalue weighted by molar-refractivity contribution is -0.139. The number of aliphatic hydroxyl groups excluding tert-OH is 1. The summed E-state index contributed by atoms with van der Waals surface area (Å²) in [6.07, 6.45) is 0.716. The van der Waals surface area contributed by atoms with Gasteiger partial charge in [0.25, 0.3) is 11.7 Å². The van der Waals surface area contributed by atoms with Gasteiger partial charge in [0.2, 0.25) is 0 Å². The minimum Gasteiger partial charge on any atom is -0.507 e. The maximum absolute atomic E-state index is 13.0. The number of ketones is 1. The van der Waals surface area contributed by atoms with Crippen molar-refractivity contribution in [1.82, 2.24) is 9.80 Å². The van der Waals surface area contributed by atoms with Crippen LogP contribution < -0.4 is 9.47 Å². The zero-order chi connectivity index (χ0) is 21.8. The molecule has 3 rings (SSSR count). The van der Waals surface area contributed by atoms with E-state index in [0.717, 1.165) is 11.4 Å². The lowest BCUT2D eigenvalue weighted by Gasteiger charge is -2.24. The minimum atomic E-state index is -0.686. The number of nitrogens with zero attached hydrogens (tertiary/aromatic N) is 2. The van der Waals surface area contributed by atoms with E-state index in [4.69, 9.17) is 9.47 Å². The first-order valence-electron chi connectivity index (χ1n) is 9.58. The Morgan fingerprint density at radius 1 is 1.20 bits per heavy atom. The maximum atomic E-state index is 13.0. The second kappa shape index (κ2) is 9.32. The second-order valence-electron chi connectivity index (χ2n) is 7.23. The SMILES string of the molecule is COc1ccc(C(O)=C2C(=O)C(=O)N(CCCN(C)C)[C@H]2c2cccs2)c(OC)c1. The van der Waals surface area contributed by atoms with Crippen LogP contribution in [0.4, 0.5) is 0 Å². The first kappa shape index (κ1) is 21.9. The number of amides is 1. The van der Waals surface area contributed by atoms with Gasteiger partial charge in [0.05, 0.1) is 31.4 Å². The number of hydrogen-bond acceptors (Lipinski definition) is 7. The molecule has 1 aliphatic heterocycles. The first-order chi connectivity index (χ1) is 14.4. The van der Waals surface area contributed by atoms with Crippen LogP contribution in [0.3, 0.4) is 0 Å². The Kier molecular flexibility index (Phi) is 6.79. The Hall–Kier alpha value is -2.84. The Labute approximate surface area is 180 Å². The fourth-order valence-corrected chi connectivity index (χ4v) is 4.40. The summed E-state index contributed by atoms with van der Waals surface area (Å²) in [5.74, 6) is -0.617. The monoisotopic (exact) mass is 430 g/mol. The molecule has 2 heterocycles. The van der Waals surface area contributed by atoms with Gasteiger partial charge in [-0.25, -0.2) is 0 Å². The summed E-state index contributed by atoms with van der Waals surface area (Å²) in [4.78, 5) is 30.2. The van der Waals surface area contributed by atoms with Gasteiger partial charge in [0.15, 0.2) is 0 Å². The maximum Gasteiger partial charge on any atom is 0.295 e. The molecule has 1 saturated heterocycles. The molecule has 1 aromatic heterocycles. The predicted octanol–water partition coefficient (Wildman–Crippen LogP) is 3.14. The largest absolute Gasteiger partial charge is 0.507 e. The fourth-order valence-electron chi connectivity index (χ4n) is 3.55. The Balaban J connectivity index is 2.09. The van der Waals surface area contributed by atoms with E-state index in [1.165, 1.54) is 25.6 Å². The van der Waals surface area contributed by atoms with Crippen molar-refractivity contribution in [3.63, 3.8) is 0 Å². The molecule has 0 unspecified atom stereocenters. The van der Waals surface area contributed by atoms with Gasteiger partial charge in [-0.3, -0.25) is 9.59 Å². The highest BCUT2D eigenvalue weighted by Gasteiger charge is 2.46. The molecular formula is C22H26N2O5S. The number of aliphatic hydroxyl groups is 1. The number of Topliss-reactive ketones (excluding diaryl/α,β-unsaturated/α-hetero) is 1. The first-order valence-corrected chi connectivity index (χ1v) is 10.5. The summed E-state index contributed by atoms with van der Waals surface area (Å²) < 4.78 is 10.6. The van der Waals surface area contributed by atoms with Crippen LogP contribution in [-0.4, -0.2) is 68.0 Å². The summed E-state index contributed by atoms with van der Waals surface area (Å²) >= 11 is 1.45. The molecule has 0 bridgehead atoms. The van der Waals surface area contributed by atoms with Crippen LogP contribution in [0.2, 0.25) is 0 Å². The van der Waals surface area contributed by atoms with Crippen molar-refractivity contribution in [2.24, 2.45) is 0 Å². The van der Waals surface area contributed by atoms with Gasteiger partial charge >= 0.3 is 0 Å². The third-order valence-corrected chi connectivity index (χ3v) is 5.95. The van der Waals surface area contributed by atoms with E-state index < -0.39 is 17.7 Å². The summed E-state index contributed by atoms with van der Waals surface area (Å²) in [6.45, 7) is 1.20. The van der Waals surface area contributed by atoms with Gasteiger partial charge in [-0.05, 0) is 50.6 Å². The van der Waals surface area contributed by atoms with E-state index in [0.29, 0.717) is 30.0 Å². The fraction of sp³-hybridized carbons (Fsp3) is 0.364. The van der Waals surface area contributed by atoms with E-state index in [1.807, 2.05) is 36.5 Å².